The molecule has 0 aromatic carbocycles. The maximum atomic E-state index is 5.65. The number of fused-ring (bicyclic) bond motifs is 1. The van der Waals surface area contributed by atoms with Crippen LogP contribution in [0.4, 0.5) is 5.69 Å². The number of nitrogens with zero attached hydrogens (tertiary/aromatic N) is 2. The van der Waals surface area contributed by atoms with Gasteiger partial charge in [0, 0.05) is 44.4 Å². The molecule has 2 aromatic rings. The quantitative estimate of drug-likeness (QED) is 0.911. The molecule has 0 radical (unpaired) electrons. The summed E-state index contributed by atoms with van der Waals surface area (Å²) in [6.45, 7) is 6.46. The summed E-state index contributed by atoms with van der Waals surface area (Å²) >= 11 is 1.75. The van der Waals surface area contributed by atoms with Crippen molar-refractivity contribution in [2.75, 3.05) is 51.4 Å². The monoisotopic (exact) mass is 333 g/mol. The first-order valence-corrected chi connectivity index (χ1v) is 9.25. The molecular formula is C17H23N3O2S. The third kappa shape index (κ3) is 3.35. The molecule has 0 unspecified atom stereocenters. The number of pyridine rings is 1. The molecule has 0 bridgehead atoms. The number of ether oxygens (including phenoxy) is 2. The molecule has 23 heavy (non-hydrogen) atoms. The molecule has 2 fully saturated rings. The Balaban J connectivity index is 1.49. The molecule has 0 aliphatic carbocycles. The summed E-state index contributed by atoms with van der Waals surface area (Å²) < 4.78 is 12.4. The number of rotatable bonds is 5. The van der Waals surface area contributed by atoms with E-state index in [1.165, 1.54) is 10.4 Å². The lowest BCUT2D eigenvalue weighted by Crippen LogP contribution is -2.50. The van der Waals surface area contributed by atoms with E-state index in [-0.39, 0.29) is 0 Å². The lowest BCUT2D eigenvalue weighted by molar-refractivity contribution is 0.00462. The van der Waals surface area contributed by atoms with Gasteiger partial charge in [0.2, 0.25) is 0 Å². The van der Waals surface area contributed by atoms with E-state index in [2.05, 4.69) is 32.7 Å². The maximum absolute atomic E-state index is 5.65. The van der Waals surface area contributed by atoms with Gasteiger partial charge in [0.1, 0.15) is 0 Å². The van der Waals surface area contributed by atoms with E-state index in [9.17, 15) is 0 Å². The van der Waals surface area contributed by atoms with Crippen molar-refractivity contribution in [1.29, 1.82) is 0 Å². The molecule has 0 amide bonds. The van der Waals surface area contributed by atoms with Crippen molar-refractivity contribution in [1.82, 2.24) is 9.88 Å². The maximum Gasteiger partial charge on any atom is 0.0830 e. The van der Waals surface area contributed by atoms with Crippen molar-refractivity contribution in [3.8, 4) is 0 Å². The van der Waals surface area contributed by atoms with Gasteiger partial charge >= 0.3 is 0 Å². The lowest BCUT2D eigenvalue weighted by Gasteiger charge is -2.37. The van der Waals surface area contributed by atoms with Crippen molar-refractivity contribution in [3.63, 3.8) is 0 Å². The first-order chi connectivity index (χ1) is 11.4. The third-order valence-corrected chi connectivity index (χ3v) is 5.81. The third-order valence-electron chi connectivity index (χ3n) is 4.87. The zero-order valence-electron chi connectivity index (χ0n) is 13.2. The summed E-state index contributed by atoms with van der Waals surface area (Å²) in [5, 5.41) is 5.78. The molecule has 2 aliphatic heterocycles. The number of thiophene rings is 1. The smallest absolute Gasteiger partial charge is 0.0830 e. The standard InChI is InChI=1S/C17H23N3O2S/c1-4-18-15-3-10-23-17(15)14(1)19-11-16(13-2-7-22-12-13)20-5-8-21-9-6-20/h1,3-4,10,13,16H,2,5-9,11-12H2,(H,18,19)/t13-,16-/m0/s1. The van der Waals surface area contributed by atoms with Crippen LogP contribution in [0.1, 0.15) is 6.42 Å². The SMILES string of the molecule is c1cc(NC[C@@H]([C@H]2CCOC2)N2CCOCC2)c2sccc2n1. The lowest BCUT2D eigenvalue weighted by atomic mass is 9.96. The Hall–Kier alpha value is -1.21. The van der Waals surface area contributed by atoms with Gasteiger partial charge in [-0.25, -0.2) is 0 Å². The van der Waals surface area contributed by atoms with Gasteiger partial charge in [0.15, 0.2) is 0 Å². The highest BCUT2D eigenvalue weighted by molar-refractivity contribution is 7.17. The van der Waals surface area contributed by atoms with E-state index in [1.54, 1.807) is 11.3 Å². The molecular weight excluding hydrogens is 310 g/mol. The van der Waals surface area contributed by atoms with Crippen molar-refractivity contribution < 1.29 is 9.47 Å². The molecule has 2 aromatic heterocycles. The normalized spacial score (nSPS) is 24.1. The topological polar surface area (TPSA) is 46.6 Å². The minimum Gasteiger partial charge on any atom is -0.382 e. The zero-order valence-corrected chi connectivity index (χ0v) is 14.1. The second-order valence-corrected chi connectivity index (χ2v) is 7.13. The van der Waals surface area contributed by atoms with Crippen molar-refractivity contribution >= 4 is 27.2 Å². The van der Waals surface area contributed by atoms with E-state index in [0.29, 0.717) is 12.0 Å². The van der Waals surface area contributed by atoms with E-state index in [1.807, 2.05) is 6.20 Å². The van der Waals surface area contributed by atoms with E-state index in [0.717, 1.165) is 58.0 Å². The van der Waals surface area contributed by atoms with Crippen LogP contribution < -0.4 is 5.32 Å². The van der Waals surface area contributed by atoms with Crippen LogP contribution in [0.5, 0.6) is 0 Å². The van der Waals surface area contributed by atoms with Gasteiger partial charge in [-0.2, -0.15) is 0 Å². The van der Waals surface area contributed by atoms with Gasteiger partial charge in [-0.15, -0.1) is 11.3 Å². The summed E-state index contributed by atoms with van der Waals surface area (Å²) in [4.78, 5) is 6.99. The molecule has 0 spiro atoms. The van der Waals surface area contributed by atoms with Gasteiger partial charge in [-0.3, -0.25) is 9.88 Å². The number of hydrogen-bond acceptors (Lipinski definition) is 6. The highest BCUT2D eigenvalue weighted by Gasteiger charge is 2.31. The van der Waals surface area contributed by atoms with Gasteiger partial charge < -0.3 is 14.8 Å². The summed E-state index contributed by atoms with van der Waals surface area (Å²) in [6.07, 6.45) is 3.05. The summed E-state index contributed by atoms with van der Waals surface area (Å²) in [7, 11) is 0. The Morgan fingerprint density at radius 2 is 2.17 bits per heavy atom. The Morgan fingerprint density at radius 3 is 3.00 bits per heavy atom. The van der Waals surface area contributed by atoms with Gasteiger partial charge in [-0.05, 0) is 23.9 Å². The fourth-order valence-electron chi connectivity index (χ4n) is 3.59. The fraction of sp³-hybridized carbons (Fsp3) is 0.588. The van der Waals surface area contributed by atoms with Crippen LogP contribution in [-0.2, 0) is 9.47 Å². The first-order valence-electron chi connectivity index (χ1n) is 8.37. The zero-order chi connectivity index (χ0) is 15.5. The predicted octanol–water partition coefficient (Wildman–Crippen LogP) is 2.45. The Kier molecular flexibility index (Phi) is 4.75. The molecule has 2 atom stereocenters. The molecule has 124 valence electrons. The van der Waals surface area contributed by atoms with Crippen LogP contribution in [0.2, 0.25) is 0 Å². The van der Waals surface area contributed by atoms with E-state index < -0.39 is 0 Å². The minimum absolute atomic E-state index is 0.504. The van der Waals surface area contributed by atoms with Crippen LogP contribution in [0.25, 0.3) is 10.2 Å². The number of morpholine rings is 1. The van der Waals surface area contributed by atoms with E-state index in [4.69, 9.17) is 9.47 Å². The minimum atomic E-state index is 0.504. The molecule has 2 saturated heterocycles. The number of aromatic nitrogens is 1. The largest absolute Gasteiger partial charge is 0.382 e. The molecule has 4 rings (SSSR count). The molecule has 2 aliphatic rings. The molecule has 5 nitrogen and oxygen atoms in total. The highest BCUT2D eigenvalue weighted by atomic mass is 32.1. The van der Waals surface area contributed by atoms with Crippen LogP contribution in [0.3, 0.4) is 0 Å². The Labute approximate surface area is 140 Å². The second-order valence-electron chi connectivity index (χ2n) is 6.21. The van der Waals surface area contributed by atoms with Crippen LogP contribution >= 0.6 is 11.3 Å². The molecule has 6 heteroatoms. The van der Waals surface area contributed by atoms with Crippen molar-refractivity contribution in [2.24, 2.45) is 5.92 Å². The number of hydrogen-bond donors (Lipinski definition) is 1. The number of anilines is 1. The van der Waals surface area contributed by atoms with Crippen LogP contribution in [0.15, 0.2) is 23.7 Å². The van der Waals surface area contributed by atoms with Gasteiger partial charge in [-0.1, -0.05) is 0 Å². The van der Waals surface area contributed by atoms with Crippen LogP contribution in [-0.4, -0.2) is 62.0 Å². The Morgan fingerprint density at radius 1 is 1.26 bits per heavy atom. The summed E-state index contributed by atoms with van der Waals surface area (Å²) in [6, 6.07) is 4.67. The summed E-state index contributed by atoms with van der Waals surface area (Å²) in [5.41, 5.74) is 2.27. The molecule has 4 heterocycles. The highest BCUT2D eigenvalue weighted by Crippen LogP contribution is 2.28. The van der Waals surface area contributed by atoms with Crippen molar-refractivity contribution in [3.05, 3.63) is 23.7 Å². The second kappa shape index (κ2) is 7.13. The average Bonchev–Trinajstić information content (AvgIpc) is 3.28. The molecule has 0 saturated carbocycles. The van der Waals surface area contributed by atoms with E-state index >= 15 is 0 Å². The van der Waals surface area contributed by atoms with Crippen LogP contribution in [0, 0.1) is 5.92 Å². The fourth-order valence-corrected chi connectivity index (χ4v) is 4.43. The van der Waals surface area contributed by atoms with Gasteiger partial charge in [0.25, 0.3) is 0 Å². The number of nitrogens with one attached hydrogen (secondary N) is 1. The van der Waals surface area contributed by atoms with Gasteiger partial charge in [0.05, 0.1) is 35.7 Å². The first kappa shape index (κ1) is 15.3. The summed E-state index contributed by atoms with van der Waals surface area (Å²) in [5.74, 6) is 0.612. The Bertz CT molecular complexity index is 636. The van der Waals surface area contributed by atoms with Crippen molar-refractivity contribution in [2.45, 2.75) is 12.5 Å². The molecule has 1 N–H and O–H groups in total. The average molecular weight is 333 g/mol. The predicted molar refractivity (Wildman–Crippen MR) is 93.2 cm³/mol.